The number of hydrogen-bond donors (Lipinski definition) is 1. The Bertz CT molecular complexity index is 336. The average molecular weight is 240 g/mol. The standard InChI is InChI=1S/C11H20N4S/c1-8(2)10-13-11(16-14-10)15-5-4-9(7-15)6-12-3/h8-9,12H,4-7H2,1-3H3. The summed E-state index contributed by atoms with van der Waals surface area (Å²) in [5.74, 6) is 2.18. The highest BCUT2D eigenvalue weighted by molar-refractivity contribution is 7.09. The van der Waals surface area contributed by atoms with Gasteiger partial charge in [0.15, 0.2) is 0 Å². The zero-order valence-electron chi connectivity index (χ0n) is 10.2. The van der Waals surface area contributed by atoms with Crippen LogP contribution in [0.4, 0.5) is 5.13 Å². The molecule has 0 spiro atoms. The molecule has 1 fully saturated rings. The van der Waals surface area contributed by atoms with E-state index in [-0.39, 0.29) is 0 Å². The molecule has 1 unspecified atom stereocenters. The van der Waals surface area contributed by atoms with Gasteiger partial charge >= 0.3 is 0 Å². The maximum atomic E-state index is 4.60. The highest BCUT2D eigenvalue weighted by Crippen LogP contribution is 2.26. The van der Waals surface area contributed by atoms with Crippen molar-refractivity contribution >= 4 is 16.7 Å². The Labute approximate surface area is 101 Å². The summed E-state index contributed by atoms with van der Waals surface area (Å²) in [5.41, 5.74) is 0. The topological polar surface area (TPSA) is 41.0 Å². The quantitative estimate of drug-likeness (QED) is 0.870. The van der Waals surface area contributed by atoms with Crippen LogP contribution in [0, 0.1) is 5.92 Å². The van der Waals surface area contributed by atoms with E-state index in [0.717, 1.165) is 36.5 Å². The molecular weight excluding hydrogens is 220 g/mol. The minimum Gasteiger partial charge on any atom is -0.347 e. The van der Waals surface area contributed by atoms with E-state index >= 15 is 0 Å². The molecule has 2 heterocycles. The molecule has 1 N–H and O–H groups in total. The first-order chi connectivity index (χ1) is 7.70. The molecule has 1 saturated heterocycles. The van der Waals surface area contributed by atoms with Crippen molar-refractivity contribution in [3.63, 3.8) is 0 Å². The molecule has 1 aliphatic rings. The zero-order chi connectivity index (χ0) is 11.5. The summed E-state index contributed by atoms with van der Waals surface area (Å²) in [6, 6.07) is 0. The molecule has 1 aliphatic heterocycles. The second-order valence-corrected chi connectivity index (χ2v) is 5.48. The van der Waals surface area contributed by atoms with Gasteiger partial charge in [0.05, 0.1) is 0 Å². The van der Waals surface area contributed by atoms with Crippen LogP contribution in [0.3, 0.4) is 0 Å². The van der Waals surface area contributed by atoms with Crippen molar-refractivity contribution < 1.29 is 0 Å². The Morgan fingerprint density at radius 2 is 2.38 bits per heavy atom. The maximum absolute atomic E-state index is 4.60. The van der Waals surface area contributed by atoms with Crippen molar-refractivity contribution in [1.29, 1.82) is 0 Å². The molecule has 0 amide bonds. The summed E-state index contributed by atoms with van der Waals surface area (Å²) in [4.78, 5) is 6.97. The third-order valence-electron chi connectivity index (χ3n) is 3.00. The van der Waals surface area contributed by atoms with Crippen molar-refractivity contribution in [2.45, 2.75) is 26.2 Å². The van der Waals surface area contributed by atoms with Crippen molar-refractivity contribution in [1.82, 2.24) is 14.7 Å². The monoisotopic (exact) mass is 240 g/mol. The highest BCUT2D eigenvalue weighted by Gasteiger charge is 2.24. The molecule has 2 rings (SSSR count). The second kappa shape index (κ2) is 5.10. The van der Waals surface area contributed by atoms with Gasteiger partial charge in [-0.3, -0.25) is 0 Å². The van der Waals surface area contributed by atoms with Crippen LogP contribution in [0.1, 0.15) is 32.0 Å². The molecule has 1 aromatic heterocycles. The fourth-order valence-electron chi connectivity index (χ4n) is 2.05. The van der Waals surface area contributed by atoms with Gasteiger partial charge in [0.25, 0.3) is 0 Å². The van der Waals surface area contributed by atoms with Gasteiger partial charge in [-0.15, -0.1) is 0 Å². The first kappa shape index (κ1) is 11.8. The summed E-state index contributed by atoms with van der Waals surface area (Å²) in [6.45, 7) is 7.62. The predicted octanol–water partition coefficient (Wildman–Crippen LogP) is 1.71. The van der Waals surface area contributed by atoms with Crippen LogP contribution in [0.2, 0.25) is 0 Å². The number of hydrogen-bond acceptors (Lipinski definition) is 5. The average Bonchev–Trinajstić information content (AvgIpc) is 2.84. The summed E-state index contributed by atoms with van der Waals surface area (Å²) in [5, 5.41) is 4.35. The van der Waals surface area contributed by atoms with Gasteiger partial charge in [-0.05, 0) is 25.9 Å². The Hall–Kier alpha value is -0.680. The second-order valence-electron chi connectivity index (χ2n) is 4.75. The van der Waals surface area contributed by atoms with Crippen LogP contribution in [0.5, 0.6) is 0 Å². The maximum Gasteiger partial charge on any atom is 0.205 e. The van der Waals surface area contributed by atoms with Crippen LogP contribution in [0.25, 0.3) is 0 Å². The molecule has 4 nitrogen and oxygen atoms in total. The SMILES string of the molecule is CNCC1CCN(c2nc(C(C)C)ns2)C1. The lowest BCUT2D eigenvalue weighted by atomic mass is 10.1. The van der Waals surface area contributed by atoms with Gasteiger partial charge in [-0.2, -0.15) is 4.37 Å². The summed E-state index contributed by atoms with van der Waals surface area (Å²) in [6.07, 6.45) is 1.26. The van der Waals surface area contributed by atoms with E-state index in [2.05, 4.69) is 33.4 Å². The largest absolute Gasteiger partial charge is 0.347 e. The fourth-order valence-corrected chi connectivity index (χ4v) is 2.89. The van der Waals surface area contributed by atoms with Crippen molar-refractivity contribution in [3.05, 3.63) is 5.82 Å². The molecule has 1 aromatic rings. The van der Waals surface area contributed by atoms with E-state index in [1.54, 1.807) is 0 Å². The van der Waals surface area contributed by atoms with Crippen LogP contribution in [0.15, 0.2) is 0 Å². The van der Waals surface area contributed by atoms with Crippen molar-refractivity contribution in [2.24, 2.45) is 5.92 Å². The molecule has 5 heteroatoms. The molecule has 0 aliphatic carbocycles. The van der Waals surface area contributed by atoms with E-state index in [9.17, 15) is 0 Å². The molecule has 0 saturated carbocycles. The molecular formula is C11H20N4S. The smallest absolute Gasteiger partial charge is 0.205 e. The summed E-state index contributed by atoms with van der Waals surface area (Å²) < 4.78 is 4.40. The van der Waals surface area contributed by atoms with E-state index in [0.29, 0.717) is 5.92 Å². The highest BCUT2D eigenvalue weighted by atomic mass is 32.1. The lowest BCUT2D eigenvalue weighted by Gasteiger charge is -2.14. The first-order valence-corrected chi connectivity index (χ1v) is 6.71. The Kier molecular flexibility index (Phi) is 3.76. The molecule has 0 aromatic carbocycles. The minimum absolute atomic E-state index is 0.431. The van der Waals surface area contributed by atoms with Gasteiger partial charge < -0.3 is 10.2 Å². The summed E-state index contributed by atoms with van der Waals surface area (Å²) >= 11 is 1.54. The van der Waals surface area contributed by atoms with Crippen LogP contribution >= 0.6 is 11.5 Å². The normalized spacial score (nSPS) is 21.0. The van der Waals surface area contributed by atoms with Gasteiger partial charge in [0.1, 0.15) is 5.82 Å². The van der Waals surface area contributed by atoms with Gasteiger partial charge in [0, 0.05) is 30.5 Å². The predicted molar refractivity (Wildman–Crippen MR) is 68.2 cm³/mol. The number of nitrogens with one attached hydrogen (secondary N) is 1. The van der Waals surface area contributed by atoms with Crippen molar-refractivity contribution in [3.8, 4) is 0 Å². The third-order valence-corrected chi connectivity index (χ3v) is 3.79. The summed E-state index contributed by atoms with van der Waals surface area (Å²) in [7, 11) is 2.02. The first-order valence-electron chi connectivity index (χ1n) is 5.94. The zero-order valence-corrected chi connectivity index (χ0v) is 11.0. The third kappa shape index (κ3) is 2.52. The number of nitrogens with zero attached hydrogens (tertiary/aromatic N) is 3. The van der Waals surface area contributed by atoms with Gasteiger partial charge in [-0.25, -0.2) is 4.98 Å². The number of aromatic nitrogens is 2. The minimum atomic E-state index is 0.431. The molecule has 0 radical (unpaired) electrons. The number of anilines is 1. The fraction of sp³-hybridized carbons (Fsp3) is 0.818. The lowest BCUT2D eigenvalue weighted by molar-refractivity contribution is 0.549. The Balaban J connectivity index is 1.97. The number of rotatable bonds is 4. The van der Waals surface area contributed by atoms with E-state index in [1.807, 2.05) is 7.05 Å². The van der Waals surface area contributed by atoms with E-state index < -0.39 is 0 Å². The van der Waals surface area contributed by atoms with Crippen LogP contribution < -0.4 is 10.2 Å². The van der Waals surface area contributed by atoms with Crippen LogP contribution in [-0.4, -0.2) is 36.0 Å². The molecule has 0 bridgehead atoms. The van der Waals surface area contributed by atoms with Crippen LogP contribution in [-0.2, 0) is 0 Å². The Morgan fingerprint density at radius 3 is 3.00 bits per heavy atom. The van der Waals surface area contributed by atoms with Gasteiger partial charge in [0.2, 0.25) is 5.13 Å². The molecule has 90 valence electrons. The molecule has 1 atom stereocenters. The molecule has 16 heavy (non-hydrogen) atoms. The van der Waals surface area contributed by atoms with E-state index in [4.69, 9.17) is 0 Å². The van der Waals surface area contributed by atoms with Gasteiger partial charge in [-0.1, -0.05) is 13.8 Å². The lowest BCUT2D eigenvalue weighted by Crippen LogP contribution is -2.24. The van der Waals surface area contributed by atoms with Crippen molar-refractivity contribution in [2.75, 3.05) is 31.6 Å². The van der Waals surface area contributed by atoms with E-state index in [1.165, 1.54) is 18.0 Å². The Morgan fingerprint density at radius 1 is 1.56 bits per heavy atom.